The van der Waals surface area contributed by atoms with Gasteiger partial charge in [-0.2, -0.15) is 0 Å². The number of carbonyl (C=O) groups is 1. The molecule has 1 aliphatic rings. The lowest BCUT2D eigenvalue weighted by Gasteiger charge is -2.31. The van der Waals surface area contributed by atoms with E-state index >= 15 is 0 Å². The van der Waals surface area contributed by atoms with E-state index in [9.17, 15) is 17.6 Å². The number of aryl methyl sites for hydroxylation is 1. The first-order chi connectivity index (χ1) is 14.3. The molecule has 1 heterocycles. The average Bonchev–Trinajstić information content (AvgIpc) is 2.74. The van der Waals surface area contributed by atoms with Gasteiger partial charge in [0, 0.05) is 22.3 Å². The Kier molecular flexibility index (Phi) is 5.62. The maximum atomic E-state index is 13.2. The summed E-state index contributed by atoms with van der Waals surface area (Å²) in [5.74, 6) is -0.729. The van der Waals surface area contributed by atoms with Crippen LogP contribution in [-0.2, 0) is 16.4 Å². The van der Waals surface area contributed by atoms with Crippen LogP contribution in [0.3, 0.4) is 0 Å². The molecule has 0 aliphatic carbocycles. The van der Waals surface area contributed by atoms with Crippen LogP contribution in [0.5, 0.6) is 0 Å². The normalized spacial score (nSPS) is 13.6. The Morgan fingerprint density at radius 2 is 1.70 bits per heavy atom. The van der Waals surface area contributed by atoms with E-state index in [1.54, 1.807) is 42.5 Å². The quantitative estimate of drug-likeness (QED) is 0.562. The minimum absolute atomic E-state index is 0.0457. The van der Waals surface area contributed by atoms with Crippen molar-refractivity contribution in [1.29, 1.82) is 0 Å². The number of amides is 1. The van der Waals surface area contributed by atoms with Crippen LogP contribution in [0, 0.1) is 5.82 Å². The Morgan fingerprint density at radius 1 is 1.00 bits per heavy atom. The first-order valence-corrected chi connectivity index (χ1v) is 11.6. The Bertz CT molecular complexity index is 1200. The predicted molar refractivity (Wildman–Crippen MR) is 118 cm³/mol. The number of hydrogen-bond acceptors (Lipinski definition) is 3. The molecule has 0 radical (unpaired) electrons. The SMILES string of the molecule is O=C(Nc1ccc2c(c1)CCCN2S(=O)(=O)c1ccc(F)cc1)c1ccc(Br)cc1. The Balaban J connectivity index is 1.60. The molecule has 0 fully saturated rings. The zero-order valence-electron chi connectivity index (χ0n) is 15.8. The molecule has 0 saturated carbocycles. The van der Waals surface area contributed by atoms with Gasteiger partial charge in [0.25, 0.3) is 15.9 Å². The highest BCUT2D eigenvalue weighted by Crippen LogP contribution is 2.34. The van der Waals surface area contributed by atoms with Crippen LogP contribution in [0.1, 0.15) is 22.3 Å². The van der Waals surface area contributed by atoms with Crippen molar-refractivity contribution in [3.05, 3.63) is 88.1 Å². The van der Waals surface area contributed by atoms with Crippen LogP contribution in [0.15, 0.2) is 76.1 Å². The molecule has 0 saturated heterocycles. The summed E-state index contributed by atoms with van der Waals surface area (Å²) >= 11 is 3.34. The number of anilines is 2. The van der Waals surface area contributed by atoms with Crippen molar-refractivity contribution in [2.45, 2.75) is 17.7 Å². The monoisotopic (exact) mass is 488 g/mol. The lowest BCUT2D eigenvalue weighted by atomic mass is 10.0. The molecule has 0 aromatic heterocycles. The van der Waals surface area contributed by atoms with Crippen molar-refractivity contribution in [3.8, 4) is 0 Å². The second-order valence-electron chi connectivity index (χ2n) is 6.94. The van der Waals surface area contributed by atoms with Crippen LogP contribution >= 0.6 is 15.9 Å². The number of nitrogens with zero attached hydrogens (tertiary/aromatic N) is 1. The van der Waals surface area contributed by atoms with Gasteiger partial charge in [-0.05, 0) is 85.1 Å². The molecule has 5 nitrogen and oxygen atoms in total. The minimum atomic E-state index is -3.80. The molecule has 154 valence electrons. The Labute approximate surface area is 182 Å². The highest BCUT2D eigenvalue weighted by Gasteiger charge is 2.29. The van der Waals surface area contributed by atoms with Crippen LogP contribution < -0.4 is 9.62 Å². The van der Waals surface area contributed by atoms with Crippen molar-refractivity contribution >= 4 is 43.2 Å². The third-order valence-electron chi connectivity index (χ3n) is 4.92. The maximum absolute atomic E-state index is 13.2. The number of fused-ring (bicyclic) bond motifs is 1. The number of hydrogen-bond donors (Lipinski definition) is 1. The van der Waals surface area contributed by atoms with E-state index in [1.165, 1.54) is 16.4 Å². The van der Waals surface area contributed by atoms with E-state index in [0.29, 0.717) is 36.3 Å². The molecule has 3 aromatic carbocycles. The topological polar surface area (TPSA) is 66.5 Å². The van der Waals surface area contributed by atoms with Gasteiger partial charge in [-0.25, -0.2) is 12.8 Å². The van der Waals surface area contributed by atoms with Crippen LogP contribution in [0.4, 0.5) is 15.8 Å². The third kappa shape index (κ3) is 4.11. The lowest BCUT2D eigenvalue weighted by Crippen LogP contribution is -2.35. The molecule has 0 unspecified atom stereocenters. The van der Waals surface area contributed by atoms with Crippen molar-refractivity contribution in [2.75, 3.05) is 16.2 Å². The number of nitrogens with one attached hydrogen (secondary N) is 1. The van der Waals surface area contributed by atoms with E-state index in [1.807, 2.05) is 0 Å². The summed E-state index contributed by atoms with van der Waals surface area (Å²) < 4.78 is 41.6. The molecule has 1 aliphatic heterocycles. The highest BCUT2D eigenvalue weighted by molar-refractivity contribution is 9.10. The molecule has 30 heavy (non-hydrogen) atoms. The molecule has 1 N–H and O–H groups in total. The van der Waals surface area contributed by atoms with Crippen molar-refractivity contribution in [3.63, 3.8) is 0 Å². The van der Waals surface area contributed by atoms with Crippen molar-refractivity contribution < 1.29 is 17.6 Å². The fourth-order valence-electron chi connectivity index (χ4n) is 3.43. The molecule has 0 spiro atoms. The summed E-state index contributed by atoms with van der Waals surface area (Å²) in [6, 6.07) is 17.0. The maximum Gasteiger partial charge on any atom is 0.264 e. The van der Waals surface area contributed by atoms with Crippen LogP contribution in [0.25, 0.3) is 0 Å². The van der Waals surface area contributed by atoms with Crippen molar-refractivity contribution in [2.24, 2.45) is 0 Å². The summed E-state index contributed by atoms with van der Waals surface area (Å²) in [6.45, 7) is 0.345. The molecule has 1 amide bonds. The first kappa shape index (κ1) is 20.6. The second-order valence-corrected chi connectivity index (χ2v) is 9.72. The summed E-state index contributed by atoms with van der Waals surface area (Å²) in [5.41, 5.74) is 2.53. The standard InChI is InChI=1S/C22H18BrFN2O3S/c23-17-5-3-15(4-6-17)22(27)25-19-9-12-21-16(14-19)2-1-13-26(21)30(28,29)20-10-7-18(24)8-11-20/h3-12,14H,1-2,13H2,(H,25,27). The van der Waals surface area contributed by atoms with Gasteiger partial charge < -0.3 is 5.32 Å². The predicted octanol–water partition coefficient (Wildman–Crippen LogP) is 4.98. The van der Waals surface area contributed by atoms with Gasteiger partial charge in [-0.3, -0.25) is 9.10 Å². The molecule has 0 atom stereocenters. The first-order valence-electron chi connectivity index (χ1n) is 9.33. The fraction of sp³-hybridized carbons (Fsp3) is 0.136. The third-order valence-corrected chi connectivity index (χ3v) is 7.28. The molecular formula is C22H18BrFN2O3S. The van der Waals surface area contributed by atoms with E-state index in [0.717, 1.165) is 22.2 Å². The van der Waals surface area contributed by atoms with Gasteiger partial charge in [0.1, 0.15) is 5.82 Å². The van der Waals surface area contributed by atoms with E-state index in [2.05, 4.69) is 21.2 Å². The molecule has 4 rings (SSSR count). The smallest absolute Gasteiger partial charge is 0.264 e. The molecule has 0 bridgehead atoms. The zero-order chi connectivity index (χ0) is 21.3. The van der Waals surface area contributed by atoms with Crippen LogP contribution in [0.2, 0.25) is 0 Å². The van der Waals surface area contributed by atoms with Crippen LogP contribution in [-0.4, -0.2) is 20.9 Å². The van der Waals surface area contributed by atoms with Crippen molar-refractivity contribution in [1.82, 2.24) is 0 Å². The Morgan fingerprint density at radius 3 is 2.40 bits per heavy atom. The van der Waals surface area contributed by atoms with Gasteiger partial charge in [-0.15, -0.1) is 0 Å². The van der Waals surface area contributed by atoms with Gasteiger partial charge in [0.2, 0.25) is 0 Å². The molecule has 3 aromatic rings. The van der Waals surface area contributed by atoms with E-state index < -0.39 is 15.8 Å². The average molecular weight is 489 g/mol. The largest absolute Gasteiger partial charge is 0.322 e. The summed E-state index contributed by atoms with van der Waals surface area (Å²) in [6.07, 6.45) is 1.35. The highest BCUT2D eigenvalue weighted by atomic mass is 79.9. The fourth-order valence-corrected chi connectivity index (χ4v) is 5.23. The van der Waals surface area contributed by atoms with Gasteiger partial charge in [0.15, 0.2) is 0 Å². The van der Waals surface area contributed by atoms with Gasteiger partial charge >= 0.3 is 0 Å². The second kappa shape index (κ2) is 8.20. The van der Waals surface area contributed by atoms with E-state index in [-0.39, 0.29) is 10.8 Å². The number of sulfonamides is 1. The lowest BCUT2D eigenvalue weighted by molar-refractivity contribution is 0.102. The molecule has 8 heteroatoms. The summed E-state index contributed by atoms with van der Waals surface area (Å²) in [4.78, 5) is 12.5. The van der Waals surface area contributed by atoms with Gasteiger partial charge in [0.05, 0.1) is 10.6 Å². The zero-order valence-corrected chi connectivity index (χ0v) is 18.2. The Hall–Kier alpha value is -2.71. The number of benzene rings is 3. The van der Waals surface area contributed by atoms with E-state index in [4.69, 9.17) is 0 Å². The molecular weight excluding hydrogens is 471 g/mol. The van der Waals surface area contributed by atoms with Gasteiger partial charge in [-0.1, -0.05) is 15.9 Å². The number of halogens is 2. The summed E-state index contributed by atoms with van der Waals surface area (Å²) in [7, 11) is -3.80. The summed E-state index contributed by atoms with van der Waals surface area (Å²) in [5, 5.41) is 2.86. The number of carbonyl (C=O) groups excluding carboxylic acids is 1. The minimum Gasteiger partial charge on any atom is -0.322 e. The number of rotatable bonds is 4.